The molecule has 0 atom stereocenters. The molecule has 6 heteroatoms. The summed E-state index contributed by atoms with van der Waals surface area (Å²) >= 11 is 0. The van der Waals surface area contributed by atoms with E-state index in [2.05, 4.69) is 11.6 Å². The molecular formula is C21H24N2O4. The van der Waals surface area contributed by atoms with Crippen LogP contribution in [0.2, 0.25) is 0 Å². The number of hydrogen-bond acceptors (Lipinski definition) is 4. The van der Waals surface area contributed by atoms with E-state index in [0.717, 1.165) is 5.56 Å². The molecule has 27 heavy (non-hydrogen) atoms. The number of rotatable bonds is 7. The molecule has 0 aliphatic heterocycles. The molecule has 1 aromatic carbocycles. The van der Waals surface area contributed by atoms with Crippen molar-refractivity contribution in [2.45, 2.75) is 20.8 Å². The first-order chi connectivity index (χ1) is 12.8. The Morgan fingerprint density at radius 1 is 1.15 bits per heavy atom. The van der Waals surface area contributed by atoms with E-state index in [4.69, 9.17) is 4.74 Å². The Labute approximate surface area is 158 Å². The summed E-state index contributed by atoms with van der Waals surface area (Å²) in [5, 5.41) is 0. The Morgan fingerprint density at radius 2 is 1.78 bits per heavy atom. The normalized spacial score (nSPS) is 10.4. The van der Waals surface area contributed by atoms with Gasteiger partial charge in [-0.25, -0.2) is 4.79 Å². The number of amides is 1. The molecule has 0 aliphatic rings. The second-order valence-corrected chi connectivity index (χ2v) is 6.38. The van der Waals surface area contributed by atoms with E-state index < -0.39 is 5.97 Å². The van der Waals surface area contributed by atoms with Crippen LogP contribution < -0.4 is 0 Å². The number of esters is 1. The highest BCUT2D eigenvalue weighted by atomic mass is 16.5. The smallest absolute Gasteiger partial charge is 0.354 e. The second-order valence-electron chi connectivity index (χ2n) is 6.38. The van der Waals surface area contributed by atoms with Gasteiger partial charge in [0, 0.05) is 23.4 Å². The topological polar surface area (TPSA) is 79.5 Å². The van der Waals surface area contributed by atoms with Crippen LogP contribution in [-0.4, -0.2) is 47.7 Å². The molecule has 142 valence electrons. The van der Waals surface area contributed by atoms with E-state index in [-0.39, 0.29) is 30.5 Å². The van der Waals surface area contributed by atoms with E-state index >= 15 is 0 Å². The molecule has 0 fully saturated rings. The predicted octanol–water partition coefficient (Wildman–Crippen LogP) is 3.24. The average Bonchev–Trinajstić information content (AvgIpc) is 2.95. The average molecular weight is 368 g/mol. The Balaban J connectivity index is 2.29. The fraction of sp³-hybridized carbons (Fsp3) is 0.286. The van der Waals surface area contributed by atoms with Crippen molar-refractivity contribution in [3.05, 3.63) is 70.6 Å². The van der Waals surface area contributed by atoms with E-state index in [9.17, 15) is 14.4 Å². The molecule has 0 unspecified atom stereocenters. The number of aryl methyl sites for hydroxylation is 2. The van der Waals surface area contributed by atoms with Gasteiger partial charge in [0.15, 0.2) is 5.78 Å². The molecule has 0 spiro atoms. The number of ether oxygens (including phenoxy) is 1. The number of ketones is 1. The van der Waals surface area contributed by atoms with Crippen molar-refractivity contribution >= 4 is 17.7 Å². The van der Waals surface area contributed by atoms with Gasteiger partial charge in [-0.15, -0.1) is 6.58 Å². The van der Waals surface area contributed by atoms with Crippen molar-refractivity contribution in [3.63, 3.8) is 0 Å². The Morgan fingerprint density at radius 3 is 2.33 bits per heavy atom. The van der Waals surface area contributed by atoms with Crippen molar-refractivity contribution in [1.29, 1.82) is 0 Å². The molecule has 0 aliphatic carbocycles. The predicted molar refractivity (Wildman–Crippen MR) is 103 cm³/mol. The third-order valence-electron chi connectivity index (χ3n) is 4.38. The third kappa shape index (κ3) is 4.34. The quantitative estimate of drug-likeness (QED) is 0.462. The Kier molecular flexibility index (Phi) is 6.34. The number of hydrogen-bond donors (Lipinski definition) is 1. The van der Waals surface area contributed by atoms with Crippen molar-refractivity contribution in [2.24, 2.45) is 0 Å². The lowest BCUT2D eigenvalue weighted by atomic mass is 10.0. The summed E-state index contributed by atoms with van der Waals surface area (Å²) in [7, 11) is 1.28. The van der Waals surface area contributed by atoms with Crippen LogP contribution in [0.3, 0.4) is 0 Å². The number of aromatic nitrogens is 1. The highest BCUT2D eigenvalue weighted by Gasteiger charge is 2.25. The lowest BCUT2D eigenvalue weighted by Crippen LogP contribution is -2.36. The summed E-state index contributed by atoms with van der Waals surface area (Å²) in [5.74, 6) is -1.03. The van der Waals surface area contributed by atoms with Crippen LogP contribution in [0.1, 0.15) is 48.0 Å². The number of carbonyl (C=O) groups is 3. The maximum absolute atomic E-state index is 12.9. The van der Waals surface area contributed by atoms with Gasteiger partial charge in [-0.1, -0.05) is 23.8 Å². The molecule has 0 bridgehead atoms. The maximum atomic E-state index is 12.9. The minimum absolute atomic E-state index is 0.112. The summed E-state index contributed by atoms with van der Waals surface area (Å²) in [5.41, 5.74) is 3.30. The Bertz CT molecular complexity index is 878. The summed E-state index contributed by atoms with van der Waals surface area (Å²) in [6.07, 6.45) is 1.58. The molecule has 2 rings (SSSR count). The summed E-state index contributed by atoms with van der Waals surface area (Å²) in [6, 6.07) is 7.18. The van der Waals surface area contributed by atoms with Crippen molar-refractivity contribution in [1.82, 2.24) is 9.88 Å². The van der Waals surface area contributed by atoms with Crippen molar-refractivity contribution < 1.29 is 19.1 Å². The zero-order valence-corrected chi connectivity index (χ0v) is 16.1. The van der Waals surface area contributed by atoms with Gasteiger partial charge in [0.05, 0.1) is 13.7 Å². The van der Waals surface area contributed by atoms with Crippen LogP contribution >= 0.6 is 0 Å². The van der Waals surface area contributed by atoms with Crippen LogP contribution in [0.5, 0.6) is 0 Å². The number of Topliss-reactive ketones (excluding diaryl/α,β-unsaturated/α-hetero) is 1. The van der Waals surface area contributed by atoms with E-state index in [1.165, 1.54) is 12.0 Å². The lowest BCUT2D eigenvalue weighted by Gasteiger charge is -2.21. The largest absolute Gasteiger partial charge is 0.464 e. The first-order valence-electron chi connectivity index (χ1n) is 8.57. The van der Waals surface area contributed by atoms with Crippen LogP contribution in [0.4, 0.5) is 0 Å². The van der Waals surface area contributed by atoms with Gasteiger partial charge in [0.25, 0.3) is 5.91 Å². The number of benzene rings is 1. The zero-order chi connectivity index (χ0) is 20.1. The summed E-state index contributed by atoms with van der Waals surface area (Å²) < 4.78 is 4.73. The molecule has 0 radical (unpaired) electrons. The molecule has 1 heterocycles. The first-order valence-corrected chi connectivity index (χ1v) is 8.57. The molecule has 0 saturated carbocycles. The van der Waals surface area contributed by atoms with Gasteiger partial charge in [-0.2, -0.15) is 0 Å². The SMILES string of the molecule is C=CCN(CC(=O)c1c(C)[nH]c(C(=O)OC)c1C)C(=O)c1ccc(C)cc1. The van der Waals surface area contributed by atoms with E-state index in [1.807, 2.05) is 19.1 Å². The van der Waals surface area contributed by atoms with Gasteiger partial charge in [0.2, 0.25) is 0 Å². The fourth-order valence-corrected chi connectivity index (χ4v) is 2.98. The standard InChI is InChI=1S/C21H24N2O4/c1-6-11-23(20(25)16-9-7-13(2)8-10-16)12-17(24)18-14(3)19(21(26)27-5)22-15(18)4/h6-10,22H,1,11-12H2,2-5H3. The highest BCUT2D eigenvalue weighted by molar-refractivity contribution is 6.05. The van der Waals surface area contributed by atoms with E-state index in [0.29, 0.717) is 22.4 Å². The van der Waals surface area contributed by atoms with Crippen molar-refractivity contribution in [2.75, 3.05) is 20.2 Å². The van der Waals surface area contributed by atoms with Crippen LogP contribution in [0.15, 0.2) is 36.9 Å². The van der Waals surface area contributed by atoms with Crippen molar-refractivity contribution in [3.8, 4) is 0 Å². The second kappa shape index (κ2) is 8.49. The molecule has 2 aromatic rings. The molecule has 1 aromatic heterocycles. The first kappa shape index (κ1) is 20.2. The molecule has 0 saturated heterocycles. The lowest BCUT2D eigenvalue weighted by molar-refractivity contribution is 0.0593. The van der Waals surface area contributed by atoms with E-state index in [1.54, 1.807) is 32.1 Å². The molecule has 1 amide bonds. The number of H-pyrrole nitrogens is 1. The number of methoxy groups -OCH3 is 1. The van der Waals surface area contributed by atoms with Gasteiger partial charge in [-0.05, 0) is 38.5 Å². The van der Waals surface area contributed by atoms with Crippen LogP contribution in [0, 0.1) is 20.8 Å². The number of nitrogens with one attached hydrogen (secondary N) is 1. The monoisotopic (exact) mass is 368 g/mol. The maximum Gasteiger partial charge on any atom is 0.354 e. The Hall–Kier alpha value is -3.15. The zero-order valence-electron chi connectivity index (χ0n) is 16.1. The van der Waals surface area contributed by atoms with Gasteiger partial charge in [-0.3, -0.25) is 9.59 Å². The molecule has 1 N–H and O–H groups in total. The number of carbonyl (C=O) groups excluding carboxylic acids is 3. The third-order valence-corrected chi connectivity index (χ3v) is 4.38. The highest BCUT2D eigenvalue weighted by Crippen LogP contribution is 2.20. The minimum atomic E-state index is -0.534. The van der Waals surface area contributed by atoms with Gasteiger partial charge >= 0.3 is 5.97 Å². The van der Waals surface area contributed by atoms with Crippen LogP contribution in [-0.2, 0) is 4.74 Å². The summed E-state index contributed by atoms with van der Waals surface area (Å²) in [6.45, 7) is 9.14. The number of nitrogens with zero attached hydrogens (tertiary/aromatic N) is 1. The molecule has 6 nitrogen and oxygen atoms in total. The van der Waals surface area contributed by atoms with Crippen LogP contribution in [0.25, 0.3) is 0 Å². The van der Waals surface area contributed by atoms with Gasteiger partial charge < -0.3 is 14.6 Å². The number of aromatic amines is 1. The molecular weight excluding hydrogens is 344 g/mol. The fourth-order valence-electron chi connectivity index (χ4n) is 2.98. The summed E-state index contributed by atoms with van der Waals surface area (Å²) in [4.78, 5) is 41.8. The van der Waals surface area contributed by atoms with Gasteiger partial charge in [0.1, 0.15) is 5.69 Å². The minimum Gasteiger partial charge on any atom is -0.464 e.